The van der Waals surface area contributed by atoms with Crippen molar-refractivity contribution in [1.29, 1.82) is 0 Å². The predicted octanol–water partition coefficient (Wildman–Crippen LogP) is 2.35. The summed E-state index contributed by atoms with van der Waals surface area (Å²) in [6.07, 6.45) is 0.571. The number of ether oxygens (including phenoxy) is 1. The molecule has 2 atom stereocenters. The Kier molecular flexibility index (Phi) is 5.47. The third-order valence-corrected chi connectivity index (χ3v) is 4.95. The minimum absolute atomic E-state index is 0.191. The van der Waals surface area contributed by atoms with Gasteiger partial charge in [-0.25, -0.2) is 0 Å². The molecule has 6 heteroatoms. The van der Waals surface area contributed by atoms with Crippen molar-refractivity contribution < 1.29 is 19.4 Å². The van der Waals surface area contributed by atoms with E-state index in [2.05, 4.69) is 0 Å². The summed E-state index contributed by atoms with van der Waals surface area (Å²) in [5, 5.41) is 12.1. The molecule has 5 nitrogen and oxygen atoms in total. The number of hydrogen-bond acceptors (Lipinski definition) is 4. The van der Waals surface area contributed by atoms with E-state index >= 15 is 0 Å². The highest BCUT2D eigenvalue weighted by Crippen LogP contribution is 2.42. The van der Waals surface area contributed by atoms with Crippen molar-refractivity contribution in [2.45, 2.75) is 18.4 Å². The number of nitrogens with zero attached hydrogens (tertiary/aromatic N) is 1. The molecule has 2 aromatic carbocycles. The normalized spacial score (nSPS) is 19.2. The number of fused-ring (bicyclic) bond motifs is 1. The van der Waals surface area contributed by atoms with Gasteiger partial charge in [0, 0.05) is 23.9 Å². The van der Waals surface area contributed by atoms with Gasteiger partial charge in [-0.05, 0) is 35.7 Å². The van der Waals surface area contributed by atoms with Crippen LogP contribution in [0.3, 0.4) is 0 Å². The molecule has 3 rings (SSSR count). The highest BCUT2D eigenvalue weighted by molar-refractivity contribution is 6.17. The lowest BCUT2D eigenvalue weighted by Gasteiger charge is -2.43. The smallest absolute Gasteiger partial charge is 0.254 e. The van der Waals surface area contributed by atoms with Crippen molar-refractivity contribution >= 4 is 23.5 Å². The monoisotopic (exact) mass is 372 g/mol. The van der Waals surface area contributed by atoms with E-state index < -0.39 is 17.9 Å². The van der Waals surface area contributed by atoms with E-state index in [1.165, 1.54) is 0 Å². The number of aliphatic carboxylic acids is 1. The summed E-state index contributed by atoms with van der Waals surface area (Å²) in [5.74, 6) is -1.30. The zero-order valence-electron chi connectivity index (χ0n) is 14.4. The molecule has 0 N–H and O–H groups in total. The molecule has 26 heavy (non-hydrogen) atoms. The van der Waals surface area contributed by atoms with Crippen LogP contribution in [-0.2, 0) is 4.79 Å². The van der Waals surface area contributed by atoms with E-state index in [9.17, 15) is 14.7 Å². The molecule has 0 fully saturated rings. The van der Waals surface area contributed by atoms with Gasteiger partial charge in [0.1, 0.15) is 5.75 Å². The molecule has 0 saturated heterocycles. The maximum Gasteiger partial charge on any atom is 0.254 e. The molecule has 136 valence electrons. The molecule has 0 saturated carbocycles. The van der Waals surface area contributed by atoms with E-state index in [0.29, 0.717) is 35.7 Å². The summed E-state index contributed by atoms with van der Waals surface area (Å²) >= 11 is 5.82. The molecule has 1 heterocycles. The first-order valence-electron chi connectivity index (χ1n) is 8.39. The van der Waals surface area contributed by atoms with E-state index in [-0.39, 0.29) is 5.91 Å². The van der Waals surface area contributed by atoms with Crippen molar-refractivity contribution in [1.82, 2.24) is 4.90 Å². The van der Waals surface area contributed by atoms with Gasteiger partial charge in [0.15, 0.2) is 0 Å². The highest BCUT2D eigenvalue weighted by atomic mass is 35.5. The molecule has 2 aromatic rings. The summed E-state index contributed by atoms with van der Waals surface area (Å²) in [5.41, 5.74) is 1.61. The zero-order valence-corrected chi connectivity index (χ0v) is 15.1. The number of rotatable bonds is 6. The highest BCUT2D eigenvalue weighted by Gasteiger charge is 2.40. The van der Waals surface area contributed by atoms with Crippen LogP contribution < -0.4 is 9.84 Å². The van der Waals surface area contributed by atoms with Crippen molar-refractivity contribution in [3.63, 3.8) is 0 Å². The van der Waals surface area contributed by atoms with Crippen molar-refractivity contribution in [3.05, 3.63) is 65.2 Å². The molecule has 0 aromatic heterocycles. The minimum Gasteiger partial charge on any atom is -0.549 e. The van der Waals surface area contributed by atoms with Crippen LogP contribution in [0.2, 0.25) is 0 Å². The average molecular weight is 373 g/mol. The van der Waals surface area contributed by atoms with Crippen LogP contribution in [-0.4, -0.2) is 36.3 Å². The first-order chi connectivity index (χ1) is 12.6. The minimum atomic E-state index is -1.21. The fraction of sp³-hybridized carbons (Fsp3) is 0.300. The topological polar surface area (TPSA) is 69.7 Å². The molecule has 0 unspecified atom stereocenters. The molecular formula is C20H19ClNO4-. The Labute approximate surface area is 157 Å². The quantitative estimate of drug-likeness (QED) is 0.730. The lowest BCUT2D eigenvalue weighted by molar-refractivity contribution is -0.309. The molecule has 0 aliphatic carbocycles. The van der Waals surface area contributed by atoms with E-state index in [4.69, 9.17) is 16.3 Å². The molecule has 0 radical (unpaired) electrons. The second-order valence-electron chi connectivity index (χ2n) is 6.14. The number of carboxylic acid groups (broad SMARTS) is 1. The van der Waals surface area contributed by atoms with Crippen LogP contribution >= 0.6 is 11.6 Å². The van der Waals surface area contributed by atoms with E-state index in [1.54, 1.807) is 60.5 Å². The van der Waals surface area contributed by atoms with Crippen molar-refractivity contribution in [2.24, 2.45) is 0 Å². The van der Waals surface area contributed by atoms with Crippen LogP contribution in [0.5, 0.6) is 5.75 Å². The number of carbonyl (C=O) groups is 2. The molecule has 0 spiro atoms. The first kappa shape index (κ1) is 18.3. The van der Waals surface area contributed by atoms with Gasteiger partial charge in [0.2, 0.25) is 0 Å². The molecule has 1 amide bonds. The van der Waals surface area contributed by atoms with Crippen LogP contribution in [0.25, 0.3) is 0 Å². The average Bonchev–Trinajstić information content (AvgIpc) is 2.67. The van der Waals surface area contributed by atoms with Gasteiger partial charge in [-0.3, -0.25) is 4.79 Å². The first-order valence-corrected chi connectivity index (χ1v) is 8.92. The molecule has 1 aliphatic rings. The Morgan fingerprint density at radius 2 is 1.88 bits per heavy atom. The molecule has 1 aliphatic heterocycles. The van der Waals surface area contributed by atoms with Crippen LogP contribution in [0.15, 0.2) is 48.5 Å². The number of amides is 1. The zero-order chi connectivity index (χ0) is 18.7. The van der Waals surface area contributed by atoms with Crippen LogP contribution in [0.1, 0.15) is 39.9 Å². The maximum atomic E-state index is 13.0. The number of benzene rings is 2. The Morgan fingerprint density at radius 3 is 2.50 bits per heavy atom. The number of methoxy groups -OCH3 is 1. The summed E-state index contributed by atoms with van der Waals surface area (Å²) in [7, 11) is 1.56. The second-order valence-corrected chi connectivity index (χ2v) is 6.52. The van der Waals surface area contributed by atoms with Gasteiger partial charge in [-0.15, -0.1) is 11.6 Å². The van der Waals surface area contributed by atoms with E-state index in [0.717, 1.165) is 5.56 Å². The van der Waals surface area contributed by atoms with Gasteiger partial charge < -0.3 is 19.5 Å². The fourth-order valence-corrected chi connectivity index (χ4v) is 3.61. The standard InChI is InChI=1S/C20H20ClNO4/c1-26-14-9-7-13(8-10-14)18-17(20(24)25)15-5-2-3-6-16(15)19(23)22(18)12-4-11-21/h2-3,5-10,17-18H,4,11-12H2,1H3,(H,24,25)/p-1/t17-,18-/m0/s1. The van der Waals surface area contributed by atoms with Gasteiger partial charge in [0.25, 0.3) is 5.91 Å². The maximum absolute atomic E-state index is 13.0. The van der Waals surface area contributed by atoms with Gasteiger partial charge in [-0.1, -0.05) is 30.3 Å². The molecular weight excluding hydrogens is 354 g/mol. The number of halogens is 1. The van der Waals surface area contributed by atoms with Crippen molar-refractivity contribution in [2.75, 3.05) is 19.5 Å². The Morgan fingerprint density at radius 1 is 1.19 bits per heavy atom. The fourth-order valence-electron chi connectivity index (χ4n) is 3.49. The Bertz CT molecular complexity index is 806. The lowest BCUT2D eigenvalue weighted by Crippen LogP contribution is -2.48. The number of hydrogen-bond donors (Lipinski definition) is 0. The van der Waals surface area contributed by atoms with E-state index in [1.807, 2.05) is 0 Å². The summed E-state index contributed by atoms with van der Waals surface area (Å²) < 4.78 is 5.17. The summed E-state index contributed by atoms with van der Waals surface area (Å²) in [6, 6.07) is 13.2. The molecule has 0 bridgehead atoms. The second kappa shape index (κ2) is 7.79. The third-order valence-electron chi connectivity index (χ3n) is 4.68. The Balaban J connectivity index is 2.14. The predicted molar refractivity (Wildman–Crippen MR) is 96.3 cm³/mol. The van der Waals surface area contributed by atoms with Gasteiger partial charge in [-0.2, -0.15) is 0 Å². The van der Waals surface area contributed by atoms with Crippen molar-refractivity contribution in [3.8, 4) is 5.75 Å². The third kappa shape index (κ3) is 3.27. The lowest BCUT2D eigenvalue weighted by atomic mass is 9.79. The SMILES string of the molecule is COc1ccc([C@H]2[C@@H](C(=O)[O-])c3ccccc3C(=O)N2CCCCl)cc1. The summed E-state index contributed by atoms with van der Waals surface area (Å²) in [6.45, 7) is 0.372. The van der Waals surface area contributed by atoms with Crippen LogP contribution in [0.4, 0.5) is 0 Å². The van der Waals surface area contributed by atoms with Gasteiger partial charge in [0.05, 0.1) is 19.1 Å². The number of carboxylic acids is 1. The van der Waals surface area contributed by atoms with Crippen LogP contribution in [0, 0.1) is 0 Å². The summed E-state index contributed by atoms with van der Waals surface area (Å²) in [4.78, 5) is 26.7. The number of carbonyl (C=O) groups excluding carboxylic acids is 2. The Hall–Kier alpha value is -2.53. The van der Waals surface area contributed by atoms with Gasteiger partial charge >= 0.3 is 0 Å². The largest absolute Gasteiger partial charge is 0.549 e. The number of alkyl halides is 1.